The SMILES string of the molecule is CCOC(=O)CNC(=O)Nc1ccc(CC(=O)O)nc1. The molecule has 0 bridgehead atoms. The first kappa shape index (κ1) is 15.4. The Morgan fingerprint density at radius 3 is 2.65 bits per heavy atom. The summed E-state index contributed by atoms with van der Waals surface area (Å²) in [5.41, 5.74) is 0.774. The molecule has 0 aliphatic carbocycles. The number of aromatic nitrogens is 1. The molecule has 0 aliphatic rings. The van der Waals surface area contributed by atoms with Crippen LogP contribution in [0.25, 0.3) is 0 Å². The van der Waals surface area contributed by atoms with Crippen LogP contribution in [0.1, 0.15) is 12.6 Å². The van der Waals surface area contributed by atoms with Crippen molar-refractivity contribution in [3.8, 4) is 0 Å². The Hall–Kier alpha value is -2.64. The topological polar surface area (TPSA) is 118 Å². The number of carboxylic acids is 1. The third kappa shape index (κ3) is 5.80. The fraction of sp³-hybridized carbons (Fsp3) is 0.333. The van der Waals surface area contributed by atoms with Gasteiger partial charge in [0.25, 0.3) is 0 Å². The van der Waals surface area contributed by atoms with Crippen molar-refractivity contribution in [3.63, 3.8) is 0 Å². The number of amides is 2. The lowest BCUT2D eigenvalue weighted by Gasteiger charge is -2.07. The van der Waals surface area contributed by atoms with E-state index in [-0.39, 0.29) is 19.6 Å². The van der Waals surface area contributed by atoms with Crippen LogP contribution in [0.3, 0.4) is 0 Å². The molecule has 108 valence electrons. The minimum absolute atomic E-state index is 0.185. The van der Waals surface area contributed by atoms with Gasteiger partial charge in [-0.3, -0.25) is 14.6 Å². The van der Waals surface area contributed by atoms with Crippen LogP contribution >= 0.6 is 0 Å². The molecule has 0 radical (unpaired) electrons. The molecule has 2 amide bonds. The van der Waals surface area contributed by atoms with Crippen LogP contribution in [-0.2, 0) is 20.7 Å². The maximum atomic E-state index is 11.4. The maximum absolute atomic E-state index is 11.4. The molecule has 0 aromatic carbocycles. The van der Waals surface area contributed by atoms with Crippen molar-refractivity contribution in [2.45, 2.75) is 13.3 Å². The summed E-state index contributed by atoms with van der Waals surface area (Å²) in [6, 6.07) is 2.44. The summed E-state index contributed by atoms with van der Waals surface area (Å²) in [4.78, 5) is 36.8. The van der Waals surface area contributed by atoms with E-state index >= 15 is 0 Å². The first-order chi connectivity index (χ1) is 9.51. The maximum Gasteiger partial charge on any atom is 0.325 e. The van der Waals surface area contributed by atoms with Crippen LogP contribution < -0.4 is 10.6 Å². The number of rotatable bonds is 6. The molecule has 20 heavy (non-hydrogen) atoms. The molecule has 0 spiro atoms. The van der Waals surface area contributed by atoms with E-state index in [0.717, 1.165) is 0 Å². The first-order valence-electron chi connectivity index (χ1n) is 5.88. The Balaban J connectivity index is 2.42. The number of urea groups is 1. The number of pyridine rings is 1. The molecule has 0 atom stereocenters. The minimum atomic E-state index is -0.981. The number of carbonyl (C=O) groups is 3. The zero-order valence-corrected chi connectivity index (χ0v) is 10.9. The first-order valence-corrected chi connectivity index (χ1v) is 5.88. The molecule has 1 heterocycles. The number of ether oxygens (including phenoxy) is 1. The molecule has 0 fully saturated rings. The van der Waals surface area contributed by atoms with Gasteiger partial charge in [-0.05, 0) is 19.1 Å². The van der Waals surface area contributed by atoms with E-state index in [1.807, 2.05) is 0 Å². The summed E-state index contributed by atoms with van der Waals surface area (Å²) in [6.45, 7) is 1.68. The van der Waals surface area contributed by atoms with Gasteiger partial charge in [0.1, 0.15) is 6.54 Å². The minimum Gasteiger partial charge on any atom is -0.481 e. The Morgan fingerprint density at radius 2 is 2.10 bits per heavy atom. The summed E-state index contributed by atoms with van der Waals surface area (Å²) in [5.74, 6) is -1.51. The summed E-state index contributed by atoms with van der Waals surface area (Å²) in [6.07, 6.45) is 1.15. The van der Waals surface area contributed by atoms with Crippen molar-refractivity contribution in [1.82, 2.24) is 10.3 Å². The highest BCUT2D eigenvalue weighted by molar-refractivity contribution is 5.91. The predicted octanol–water partition coefficient (Wildman–Crippen LogP) is 0.393. The molecule has 0 saturated heterocycles. The average Bonchev–Trinajstić information content (AvgIpc) is 2.38. The molecule has 8 heteroatoms. The number of carbonyl (C=O) groups excluding carboxylic acids is 2. The molecular weight excluding hydrogens is 266 g/mol. The molecule has 1 aromatic heterocycles. The number of nitrogens with one attached hydrogen (secondary N) is 2. The third-order valence-electron chi connectivity index (χ3n) is 2.11. The number of anilines is 1. The van der Waals surface area contributed by atoms with Crippen LogP contribution in [0.5, 0.6) is 0 Å². The number of esters is 1. The normalized spacial score (nSPS) is 9.65. The van der Waals surface area contributed by atoms with Gasteiger partial charge in [0.2, 0.25) is 0 Å². The fourth-order valence-corrected chi connectivity index (χ4v) is 1.30. The lowest BCUT2D eigenvalue weighted by molar-refractivity contribution is -0.141. The summed E-state index contributed by atoms with van der Waals surface area (Å²) < 4.78 is 4.65. The van der Waals surface area contributed by atoms with Gasteiger partial charge in [-0.15, -0.1) is 0 Å². The molecule has 0 unspecified atom stereocenters. The molecule has 8 nitrogen and oxygen atoms in total. The Kier molecular flexibility index (Phi) is 5.95. The van der Waals surface area contributed by atoms with E-state index in [1.165, 1.54) is 18.3 Å². The summed E-state index contributed by atoms with van der Waals surface area (Å²) in [5, 5.41) is 13.4. The van der Waals surface area contributed by atoms with Crippen molar-refractivity contribution >= 4 is 23.7 Å². The molecule has 3 N–H and O–H groups in total. The van der Waals surface area contributed by atoms with Gasteiger partial charge in [0.15, 0.2) is 0 Å². The fourth-order valence-electron chi connectivity index (χ4n) is 1.30. The van der Waals surface area contributed by atoms with E-state index in [1.54, 1.807) is 6.92 Å². The largest absolute Gasteiger partial charge is 0.481 e. The van der Waals surface area contributed by atoms with Crippen LogP contribution in [0.2, 0.25) is 0 Å². The molecule has 1 rings (SSSR count). The van der Waals surface area contributed by atoms with Crippen LogP contribution in [0, 0.1) is 0 Å². The van der Waals surface area contributed by atoms with Gasteiger partial charge in [-0.2, -0.15) is 0 Å². The summed E-state index contributed by atoms with van der Waals surface area (Å²) in [7, 11) is 0. The second-order valence-electron chi connectivity index (χ2n) is 3.72. The Morgan fingerprint density at radius 1 is 1.35 bits per heavy atom. The monoisotopic (exact) mass is 281 g/mol. The highest BCUT2D eigenvalue weighted by Crippen LogP contribution is 2.06. The summed E-state index contributed by atoms with van der Waals surface area (Å²) >= 11 is 0. The second kappa shape index (κ2) is 7.72. The lowest BCUT2D eigenvalue weighted by atomic mass is 10.2. The highest BCUT2D eigenvalue weighted by Gasteiger charge is 2.07. The quantitative estimate of drug-likeness (QED) is 0.649. The van der Waals surface area contributed by atoms with E-state index < -0.39 is 18.0 Å². The third-order valence-corrected chi connectivity index (χ3v) is 2.11. The van der Waals surface area contributed by atoms with E-state index in [0.29, 0.717) is 11.4 Å². The van der Waals surface area contributed by atoms with Crippen molar-refractivity contribution in [1.29, 1.82) is 0 Å². The van der Waals surface area contributed by atoms with Crippen LogP contribution in [0.4, 0.5) is 10.5 Å². The Labute approximate surface area is 115 Å². The zero-order valence-electron chi connectivity index (χ0n) is 10.9. The van der Waals surface area contributed by atoms with Crippen molar-refractivity contribution in [2.75, 3.05) is 18.5 Å². The van der Waals surface area contributed by atoms with Gasteiger partial charge in [-0.1, -0.05) is 0 Å². The van der Waals surface area contributed by atoms with Crippen molar-refractivity contribution < 1.29 is 24.2 Å². The number of hydrogen-bond donors (Lipinski definition) is 3. The van der Waals surface area contributed by atoms with Gasteiger partial charge in [-0.25, -0.2) is 4.79 Å². The molecule has 1 aromatic rings. The molecule has 0 aliphatic heterocycles. The second-order valence-corrected chi connectivity index (χ2v) is 3.72. The van der Waals surface area contributed by atoms with Crippen molar-refractivity contribution in [3.05, 3.63) is 24.0 Å². The zero-order chi connectivity index (χ0) is 15.0. The number of carboxylic acid groups (broad SMARTS) is 1. The lowest BCUT2D eigenvalue weighted by Crippen LogP contribution is -2.34. The smallest absolute Gasteiger partial charge is 0.325 e. The van der Waals surface area contributed by atoms with Crippen LogP contribution in [-0.4, -0.2) is 41.2 Å². The Bertz CT molecular complexity index is 486. The predicted molar refractivity (Wildman–Crippen MR) is 69.2 cm³/mol. The molecular formula is C12H15N3O5. The van der Waals surface area contributed by atoms with Crippen LogP contribution in [0.15, 0.2) is 18.3 Å². The standard InChI is InChI=1S/C12H15N3O5/c1-2-20-11(18)7-14-12(19)15-9-4-3-8(13-6-9)5-10(16)17/h3-4,6H,2,5,7H2,1H3,(H,16,17)(H2,14,15,19). The number of hydrogen-bond acceptors (Lipinski definition) is 5. The van der Waals surface area contributed by atoms with E-state index in [2.05, 4.69) is 20.4 Å². The average molecular weight is 281 g/mol. The highest BCUT2D eigenvalue weighted by atomic mass is 16.5. The van der Waals surface area contributed by atoms with Gasteiger partial charge >= 0.3 is 18.0 Å². The van der Waals surface area contributed by atoms with Gasteiger partial charge in [0, 0.05) is 0 Å². The number of nitrogens with zero attached hydrogens (tertiary/aromatic N) is 1. The van der Waals surface area contributed by atoms with E-state index in [4.69, 9.17) is 5.11 Å². The van der Waals surface area contributed by atoms with Gasteiger partial charge in [0.05, 0.1) is 30.6 Å². The van der Waals surface area contributed by atoms with Gasteiger partial charge < -0.3 is 20.5 Å². The number of aliphatic carboxylic acids is 1. The van der Waals surface area contributed by atoms with Crippen molar-refractivity contribution in [2.24, 2.45) is 0 Å². The van der Waals surface area contributed by atoms with E-state index in [9.17, 15) is 14.4 Å². The molecule has 0 saturated carbocycles.